The summed E-state index contributed by atoms with van der Waals surface area (Å²) in [6, 6.07) is 3.66. The third-order valence-corrected chi connectivity index (χ3v) is 0.930. The topological polar surface area (TPSA) is 51.3 Å². The van der Waals surface area contributed by atoms with Crippen molar-refractivity contribution >= 4 is 6.21 Å². The van der Waals surface area contributed by atoms with Gasteiger partial charge < -0.3 is 5.84 Å². The van der Waals surface area contributed by atoms with Crippen molar-refractivity contribution in [2.75, 3.05) is 0 Å². The fraction of sp³-hybridized carbons (Fsp3) is 0. The Kier molecular flexibility index (Phi) is 4.68. The second-order valence-corrected chi connectivity index (χ2v) is 1.56. The van der Waals surface area contributed by atoms with Crippen LogP contribution in [0.1, 0.15) is 5.56 Å². The van der Waals surface area contributed by atoms with E-state index in [0.29, 0.717) is 0 Å². The summed E-state index contributed by atoms with van der Waals surface area (Å²) in [7, 11) is 0. The molecule has 3 nitrogen and oxygen atoms in total. The van der Waals surface area contributed by atoms with Gasteiger partial charge in [0.2, 0.25) is 0 Å². The molecule has 0 aliphatic carbocycles. The number of pyridine rings is 1. The SMILES string of the molecule is NN=Cc1ccncc1.[Zn]. The van der Waals surface area contributed by atoms with E-state index in [1.807, 2.05) is 12.1 Å². The molecule has 2 N–H and O–H groups in total. The Bertz CT molecular complexity index is 197. The summed E-state index contributed by atoms with van der Waals surface area (Å²) in [5.74, 6) is 4.91. The van der Waals surface area contributed by atoms with Crippen LogP contribution in [-0.4, -0.2) is 11.2 Å². The van der Waals surface area contributed by atoms with Crippen LogP contribution in [0.5, 0.6) is 0 Å². The second kappa shape index (κ2) is 5.06. The molecule has 0 saturated heterocycles. The second-order valence-electron chi connectivity index (χ2n) is 1.56. The number of hydrazone groups is 1. The molecule has 0 atom stereocenters. The van der Waals surface area contributed by atoms with Crippen LogP contribution in [0.4, 0.5) is 0 Å². The summed E-state index contributed by atoms with van der Waals surface area (Å²) in [5, 5.41) is 3.35. The third kappa shape index (κ3) is 2.69. The molecule has 1 rings (SSSR count). The van der Waals surface area contributed by atoms with Crippen LogP contribution < -0.4 is 5.84 Å². The van der Waals surface area contributed by atoms with Crippen LogP contribution in [0.15, 0.2) is 29.6 Å². The van der Waals surface area contributed by atoms with Crippen LogP contribution >= 0.6 is 0 Å². The molecule has 48 valence electrons. The number of rotatable bonds is 1. The molecule has 0 bridgehead atoms. The number of nitrogens with zero attached hydrogens (tertiary/aromatic N) is 2. The van der Waals surface area contributed by atoms with E-state index in [1.165, 1.54) is 0 Å². The molecule has 4 heteroatoms. The van der Waals surface area contributed by atoms with Gasteiger partial charge in [-0.3, -0.25) is 4.98 Å². The first kappa shape index (κ1) is 9.24. The molecular weight excluding hydrogens is 179 g/mol. The Hall–Kier alpha value is -0.757. The summed E-state index contributed by atoms with van der Waals surface area (Å²) < 4.78 is 0. The van der Waals surface area contributed by atoms with E-state index >= 15 is 0 Å². The maximum atomic E-state index is 4.91. The molecule has 1 aromatic heterocycles. The van der Waals surface area contributed by atoms with Gasteiger partial charge in [0, 0.05) is 31.9 Å². The van der Waals surface area contributed by atoms with Gasteiger partial charge in [0.1, 0.15) is 0 Å². The van der Waals surface area contributed by atoms with Gasteiger partial charge in [-0.25, -0.2) is 0 Å². The van der Waals surface area contributed by atoms with Crippen molar-refractivity contribution in [3.8, 4) is 0 Å². The summed E-state index contributed by atoms with van der Waals surface area (Å²) >= 11 is 0. The molecule has 0 aromatic carbocycles. The molecule has 1 aromatic rings. The van der Waals surface area contributed by atoms with Crippen LogP contribution in [0.25, 0.3) is 0 Å². The van der Waals surface area contributed by atoms with Gasteiger partial charge in [-0.05, 0) is 17.7 Å². The maximum Gasteiger partial charge on any atom is 0.0539 e. The van der Waals surface area contributed by atoms with Gasteiger partial charge in [0.25, 0.3) is 0 Å². The average Bonchev–Trinajstić information content (AvgIpc) is 1.91. The number of nitrogens with two attached hydrogens (primary N) is 1. The smallest absolute Gasteiger partial charge is 0.0539 e. The van der Waals surface area contributed by atoms with E-state index in [-0.39, 0.29) is 19.5 Å². The van der Waals surface area contributed by atoms with Gasteiger partial charge in [-0.1, -0.05) is 0 Å². The van der Waals surface area contributed by atoms with Gasteiger partial charge in [0.15, 0.2) is 0 Å². The summed E-state index contributed by atoms with van der Waals surface area (Å²) in [4.78, 5) is 3.83. The molecule has 0 amide bonds. The molecule has 0 fully saturated rings. The first-order valence-corrected chi connectivity index (χ1v) is 2.57. The number of hydrogen-bond donors (Lipinski definition) is 1. The van der Waals surface area contributed by atoms with Crippen molar-refractivity contribution < 1.29 is 19.5 Å². The van der Waals surface area contributed by atoms with E-state index < -0.39 is 0 Å². The fourth-order valence-corrected chi connectivity index (χ4v) is 0.536. The van der Waals surface area contributed by atoms with E-state index in [0.717, 1.165) is 5.56 Å². The quantitative estimate of drug-likeness (QED) is 0.298. The van der Waals surface area contributed by atoms with Crippen LogP contribution in [-0.2, 0) is 19.5 Å². The van der Waals surface area contributed by atoms with Crippen molar-refractivity contribution in [1.29, 1.82) is 0 Å². The van der Waals surface area contributed by atoms with Crippen molar-refractivity contribution in [2.45, 2.75) is 0 Å². The van der Waals surface area contributed by atoms with E-state index in [1.54, 1.807) is 18.6 Å². The maximum absolute atomic E-state index is 4.91. The van der Waals surface area contributed by atoms with Crippen LogP contribution in [0.2, 0.25) is 0 Å². The molecule has 0 unspecified atom stereocenters. The van der Waals surface area contributed by atoms with Crippen molar-refractivity contribution in [2.24, 2.45) is 10.9 Å². The standard InChI is InChI=1S/C6H7N3.Zn/c7-9-5-6-1-3-8-4-2-6;/h1-5H,7H2;. The monoisotopic (exact) mass is 185 g/mol. The molecule has 0 saturated carbocycles. The van der Waals surface area contributed by atoms with E-state index in [2.05, 4.69) is 10.1 Å². The average molecular weight is 187 g/mol. The van der Waals surface area contributed by atoms with Gasteiger partial charge >= 0.3 is 0 Å². The zero-order valence-corrected chi connectivity index (χ0v) is 8.53. The van der Waals surface area contributed by atoms with Gasteiger partial charge in [-0.2, -0.15) is 5.10 Å². The van der Waals surface area contributed by atoms with Crippen LogP contribution in [0, 0.1) is 0 Å². The molecular formula is C6H7N3Zn. The molecule has 0 aliphatic rings. The van der Waals surface area contributed by atoms with Crippen molar-refractivity contribution in [3.63, 3.8) is 0 Å². The summed E-state index contributed by atoms with van der Waals surface area (Å²) in [5.41, 5.74) is 0.965. The number of hydrogen-bond acceptors (Lipinski definition) is 3. The predicted octanol–water partition coefficient (Wildman–Crippen LogP) is 0.372. The first-order valence-electron chi connectivity index (χ1n) is 2.57. The van der Waals surface area contributed by atoms with Crippen LogP contribution in [0.3, 0.4) is 0 Å². The Morgan fingerprint density at radius 1 is 1.40 bits per heavy atom. The third-order valence-electron chi connectivity index (χ3n) is 0.930. The Morgan fingerprint density at radius 3 is 2.50 bits per heavy atom. The largest absolute Gasteiger partial charge is 0.323 e. The van der Waals surface area contributed by atoms with E-state index in [9.17, 15) is 0 Å². The minimum absolute atomic E-state index is 0. The molecule has 1 heterocycles. The Balaban J connectivity index is 0.000000810. The first-order chi connectivity index (χ1) is 4.43. The molecule has 0 aliphatic heterocycles. The molecule has 0 radical (unpaired) electrons. The Labute approximate surface area is 72.1 Å². The molecule has 10 heavy (non-hydrogen) atoms. The number of aromatic nitrogens is 1. The zero-order valence-electron chi connectivity index (χ0n) is 5.57. The fourth-order valence-electron chi connectivity index (χ4n) is 0.536. The van der Waals surface area contributed by atoms with Crippen molar-refractivity contribution in [3.05, 3.63) is 30.1 Å². The summed E-state index contributed by atoms with van der Waals surface area (Å²) in [6.45, 7) is 0. The summed E-state index contributed by atoms with van der Waals surface area (Å²) in [6.07, 6.45) is 4.95. The van der Waals surface area contributed by atoms with Crippen molar-refractivity contribution in [1.82, 2.24) is 4.98 Å². The Morgan fingerprint density at radius 2 is 2.00 bits per heavy atom. The zero-order chi connectivity index (χ0) is 6.53. The minimum Gasteiger partial charge on any atom is -0.323 e. The van der Waals surface area contributed by atoms with Gasteiger partial charge in [-0.15, -0.1) is 0 Å². The molecule has 0 spiro atoms. The van der Waals surface area contributed by atoms with E-state index in [4.69, 9.17) is 5.84 Å². The van der Waals surface area contributed by atoms with Gasteiger partial charge in [0.05, 0.1) is 6.21 Å². The normalized spacial score (nSPS) is 9.20. The predicted molar refractivity (Wildman–Crippen MR) is 36.0 cm³/mol. The minimum atomic E-state index is 0.